The molecule has 1 aliphatic heterocycles. The van der Waals surface area contributed by atoms with E-state index in [1.165, 1.54) is 11.2 Å². The highest BCUT2D eigenvalue weighted by molar-refractivity contribution is 6.21. The highest BCUT2D eigenvalue weighted by Gasteiger charge is 2.33. The van der Waals surface area contributed by atoms with E-state index >= 15 is 0 Å². The van der Waals surface area contributed by atoms with Crippen LogP contribution in [0.5, 0.6) is 0 Å². The van der Waals surface area contributed by atoms with Crippen LogP contribution in [0.15, 0.2) is 49.1 Å². The molecule has 0 spiro atoms. The number of imide groups is 1. The van der Waals surface area contributed by atoms with Gasteiger partial charge in [0.2, 0.25) is 0 Å². The number of rotatable bonds is 3. The van der Waals surface area contributed by atoms with E-state index in [2.05, 4.69) is 9.97 Å². The van der Waals surface area contributed by atoms with E-state index in [1.807, 2.05) is 0 Å². The van der Waals surface area contributed by atoms with Crippen molar-refractivity contribution in [2.75, 3.05) is 6.54 Å². The number of carbonyl (C=O) groups is 2. The highest BCUT2D eigenvalue weighted by atomic mass is 16.2. The third kappa shape index (κ3) is 2.09. The lowest BCUT2D eigenvalue weighted by Gasteiger charge is -2.10. The Kier molecular flexibility index (Phi) is 3.09. The first-order chi connectivity index (χ1) is 9.77. The molecule has 0 bridgehead atoms. The molecule has 1 aromatic carbocycles. The van der Waals surface area contributed by atoms with E-state index in [-0.39, 0.29) is 18.4 Å². The molecule has 0 fully saturated rings. The Morgan fingerprint density at radius 3 is 2.20 bits per heavy atom. The molecule has 1 aliphatic rings. The maximum atomic E-state index is 12.1. The molecule has 5 nitrogen and oxygen atoms in total. The minimum atomic E-state index is -0.250. The van der Waals surface area contributed by atoms with Crippen LogP contribution >= 0.6 is 0 Å². The molecule has 2 aromatic rings. The van der Waals surface area contributed by atoms with E-state index < -0.39 is 0 Å². The zero-order valence-corrected chi connectivity index (χ0v) is 10.6. The van der Waals surface area contributed by atoms with Crippen LogP contribution in [0.1, 0.15) is 26.3 Å². The van der Waals surface area contributed by atoms with Crippen LogP contribution in [0, 0.1) is 0 Å². The summed E-state index contributed by atoms with van der Waals surface area (Å²) in [5, 5.41) is 0. The van der Waals surface area contributed by atoms with Crippen LogP contribution < -0.4 is 0 Å². The van der Waals surface area contributed by atoms with Crippen molar-refractivity contribution in [2.45, 2.75) is 0 Å². The minimum Gasteiger partial charge on any atom is -0.270 e. The predicted octanol–water partition coefficient (Wildman–Crippen LogP) is 1.79. The summed E-state index contributed by atoms with van der Waals surface area (Å²) < 4.78 is 0. The largest absolute Gasteiger partial charge is 0.270 e. The van der Waals surface area contributed by atoms with Gasteiger partial charge in [-0.2, -0.15) is 0 Å². The molecule has 1 aromatic heterocycles. The second kappa shape index (κ2) is 5.05. The molecule has 98 valence electrons. The van der Waals surface area contributed by atoms with Gasteiger partial charge in [-0.1, -0.05) is 24.3 Å². The third-order valence-electron chi connectivity index (χ3n) is 3.06. The summed E-state index contributed by atoms with van der Waals surface area (Å²) in [5.74, 6) is -0.501. The van der Waals surface area contributed by atoms with E-state index in [9.17, 15) is 9.59 Å². The predicted molar refractivity (Wildman–Crippen MR) is 72.9 cm³/mol. The Hall–Kier alpha value is -2.82. The number of hydrogen-bond donors (Lipinski definition) is 0. The van der Waals surface area contributed by atoms with Gasteiger partial charge in [0.25, 0.3) is 11.8 Å². The summed E-state index contributed by atoms with van der Waals surface area (Å²) in [4.78, 5) is 33.2. The molecule has 20 heavy (non-hydrogen) atoms. The molecule has 0 N–H and O–H groups in total. The van der Waals surface area contributed by atoms with Gasteiger partial charge in [-0.15, -0.1) is 0 Å². The summed E-state index contributed by atoms with van der Waals surface area (Å²) in [5.41, 5.74) is 1.76. The number of carbonyl (C=O) groups excluding carboxylic acids is 2. The molecular weight excluding hydrogens is 254 g/mol. The number of amides is 2. The van der Waals surface area contributed by atoms with Crippen molar-refractivity contribution in [3.05, 3.63) is 65.8 Å². The SMILES string of the molecule is O=C1c2ccccc2C(=O)N1C/C=C\c1cncnc1. The lowest BCUT2D eigenvalue weighted by molar-refractivity contribution is 0.0672. The normalized spacial score (nSPS) is 14.1. The van der Waals surface area contributed by atoms with Gasteiger partial charge in [-0.3, -0.25) is 14.5 Å². The molecule has 2 amide bonds. The Morgan fingerprint density at radius 2 is 1.60 bits per heavy atom. The zero-order valence-electron chi connectivity index (χ0n) is 10.6. The Bertz CT molecular complexity index is 660. The maximum Gasteiger partial charge on any atom is 0.261 e. The minimum absolute atomic E-state index is 0.237. The van der Waals surface area contributed by atoms with Crippen LogP contribution in [-0.2, 0) is 0 Å². The fraction of sp³-hybridized carbons (Fsp3) is 0.0667. The topological polar surface area (TPSA) is 63.2 Å². The Morgan fingerprint density at radius 1 is 1.00 bits per heavy atom. The number of fused-ring (bicyclic) bond motifs is 1. The second-order valence-corrected chi connectivity index (χ2v) is 4.34. The molecule has 2 heterocycles. The molecule has 0 unspecified atom stereocenters. The molecule has 0 atom stereocenters. The lowest BCUT2D eigenvalue weighted by atomic mass is 10.1. The first-order valence-electron chi connectivity index (χ1n) is 6.14. The summed E-state index contributed by atoms with van der Waals surface area (Å²) in [7, 11) is 0. The lowest BCUT2D eigenvalue weighted by Crippen LogP contribution is -2.29. The van der Waals surface area contributed by atoms with Crippen molar-refractivity contribution < 1.29 is 9.59 Å². The zero-order chi connectivity index (χ0) is 13.9. The van der Waals surface area contributed by atoms with Crippen LogP contribution in [0.4, 0.5) is 0 Å². The van der Waals surface area contributed by atoms with Crippen LogP contribution in [0.2, 0.25) is 0 Å². The standard InChI is InChI=1S/C15H11N3O2/c19-14-12-5-1-2-6-13(12)15(20)18(14)7-3-4-11-8-16-10-17-9-11/h1-6,8-10H,7H2/b4-3-. The van der Waals surface area contributed by atoms with Crippen molar-refractivity contribution in [3.8, 4) is 0 Å². The van der Waals surface area contributed by atoms with Crippen molar-refractivity contribution in [3.63, 3.8) is 0 Å². The first kappa shape index (κ1) is 12.2. The van der Waals surface area contributed by atoms with Crippen molar-refractivity contribution >= 4 is 17.9 Å². The number of nitrogens with zero attached hydrogens (tertiary/aromatic N) is 3. The smallest absolute Gasteiger partial charge is 0.261 e. The van der Waals surface area contributed by atoms with Crippen molar-refractivity contribution in [1.29, 1.82) is 0 Å². The van der Waals surface area contributed by atoms with Gasteiger partial charge >= 0.3 is 0 Å². The average molecular weight is 265 g/mol. The van der Waals surface area contributed by atoms with Gasteiger partial charge in [0.1, 0.15) is 6.33 Å². The third-order valence-corrected chi connectivity index (χ3v) is 3.06. The van der Waals surface area contributed by atoms with Gasteiger partial charge in [0, 0.05) is 24.5 Å². The molecule has 0 radical (unpaired) electrons. The Balaban J connectivity index is 1.76. The molecule has 3 rings (SSSR count). The van der Waals surface area contributed by atoms with E-state index in [0.29, 0.717) is 11.1 Å². The molecule has 5 heteroatoms. The average Bonchev–Trinajstić information content (AvgIpc) is 2.74. The number of benzene rings is 1. The summed E-state index contributed by atoms with van der Waals surface area (Å²) in [6.07, 6.45) is 8.29. The maximum absolute atomic E-state index is 12.1. The first-order valence-corrected chi connectivity index (χ1v) is 6.14. The van der Waals surface area contributed by atoms with Crippen LogP contribution in [0.3, 0.4) is 0 Å². The fourth-order valence-electron chi connectivity index (χ4n) is 2.10. The summed E-state index contributed by atoms with van der Waals surface area (Å²) >= 11 is 0. The monoisotopic (exact) mass is 265 g/mol. The van der Waals surface area contributed by atoms with Crippen LogP contribution in [-0.4, -0.2) is 33.2 Å². The van der Waals surface area contributed by atoms with Gasteiger partial charge in [-0.05, 0) is 12.1 Å². The van der Waals surface area contributed by atoms with E-state index in [1.54, 1.807) is 48.8 Å². The van der Waals surface area contributed by atoms with Gasteiger partial charge < -0.3 is 0 Å². The quantitative estimate of drug-likeness (QED) is 0.794. The van der Waals surface area contributed by atoms with E-state index in [4.69, 9.17) is 0 Å². The highest BCUT2D eigenvalue weighted by Crippen LogP contribution is 2.22. The molecule has 0 aliphatic carbocycles. The molecule has 0 saturated carbocycles. The summed E-state index contributed by atoms with van der Waals surface area (Å²) in [6, 6.07) is 6.85. The fourth-order valence-corrected chi connectivity index (χ4v) is 2.10. The van der Waals surface area contributed by atoms with Gasteiger partial charge in [0.05, 0.1) is 11.1 Å². The number of hydrogen-bond acceptors (Lipinski definition) is 4. The number of aromatic nitrogens is 2. The van der Waals surface area contributed by atoms with Gasteiger partial charge in [-0.25, -0.2) is 9.97 Å². The Labute approximate surface area is 115 Å². The summed E-state index contributed by atoms with van der Waals surface area (Å²) in [6.45, 7) is 0.237. The van der Waals surface area contributed by atoms with Crippen molar-refractivity contribution in [1.82, 2.24) is 14.9 Å². The van der Waals surface area contributed by atoms with Crippen LogP contribution in [0.25, 0.3) is 6.08 Å². The molecule has 0 saturated heterocycles. The van der Waals surface area contributed by atoms with E-state index in [0.717, 1.165) is 5.56 Å². The second-order valence-electron chi connectivity index (χ2n) is 4.34. The van der Waals surface area contributed by atoms with Crippen molar-refractivity contribution in [2.24, 2.45) is 0 Å². The molecular formula is C15H11N3O2. The van der Waals surface area contributed by atoms with Gasteiger partial charge in [0.15, 0.2) is 0 Å².